The quantitative estimate of drug-likeness (QED) is 0.838. The third kappa shape index (κ3) is 2.06. The van der Waals surface area contributed by atoms with Gasteiger partial charge in [0.1, 0.15) is 3.57 Å². The minimum atomic E-state index is -0.00898. The fraction of sp³-hybridized carbons (Fsp3) is 0.333. The lowest BCUT2D eigenvalue weighted by Gasteiger charge is -2.05. The second kappa shape index (κ2) is 4.20. The molecule has 1 aliphatic carbocycles. The summed E-state index contributed by atoms with van der Waals surface area (Å²) in [6, 6.07) is 2.05. The molecule has 1 N–H and O–H groups in total. The van der Waals surface area contributed by atoms with E-state index in [0.29, 0.717) is 5.92 Å². The summed E-state index contributed by atoms with van der Waals surface area (Å²) in [4.78, 5) is 20.5. The van der Waals surface area contributed by atoms with Crippen molar-refractivity contribution in [2.75, 3.05) is 0 Å². The number of thiophene rings is 1. The second-order valence-electron chi connectivity index (χ2n) is 4.32. The van der Waals surface area contributed by atoms with Gasteiger partial charge in [0.05, 0.1) is 10.6 Å². The maximum absolute atomic E-state index is 11.9. The van der Waals surface area contributed by atoms with Crippen LogP contribution in [0.15, 0.2) is 16.2 Å². The predicted molar refractivity (Wildman–Crippen MR) is 77.6 cm³/mol. The molecule has 0 aromatic carbocycles. The zero-order chi connectivity index (χ0) is 12.0. The topological polar surface area (TPSA) is 45.8 Å². The average molecular weight is 358 g/mol. The molecule has 1 aliphatic rings. The summed E-state index contributed by atoms with van der Waals surface area (Å²) in [6.45, 7) is 2.04. The Morgan fingerprint density at radius 2 is 2.29 bits per heavy atom. The van der Waals surface area contributed by atoms with E-state index in [4.69, 9.17) is 0 Å². The van der Waals surface area contributed by atoms with Gasteiger partial charge in [-0.2, -0.15) is 0 Å². The van der Waals surface area contributed by atoms with E-state index in [2.05, 4.69) is 38.6 Å². The summed E-state index contributed by atoms with van der Waals surface area (Å²) in [5, 5.41) is 2.03. The third-order valence-corrected chi connectivity index (χ3v) is 5.00. The van der Waals surface area contributed by atoms with E-state index in [-0.39, 0.29) is 5.56 Å². The van der Waals surface area contributed by atoms with Crippen molar-refractivity contribution in [1.82, 2.24) is 9.97 Å². The molecule has 0 atom stereocenters. The van der Waals surface area contributed by atoms with Crippen molar-refractivity contribution in [1.29, 1.82) is 0 Å². The Bertz CT molecular complexity index is 628. The molecule has 0 radical (unpaired) electrons. The largest absolute Gasteiger partial charge is 0.305 e. The Labute approximate surface area is 116 Å². The van der Waals surface area contributed by atoms with Gasteiger partial charge in [-0.1, -0.05) is 0 Å². The number of aromatic amines is 1. The van der Waals surface area contributed by atoms with E-state index in [1.807, 2.05) is 12.3 Å². The Morgan fingerprint density at radius 3 is 2.88 bits per heavy atom. The number of nitrogens with zero attached hydrogens (tertiary/aromatic N) is 1. The average Bonchev–Trinajstić information content (AvgIpc) is 3.05. The van der Waals surface area contributed by atoms with Crippen LogP contribution >= 0.6 is 33.9 Å². The van der Waals surface area contributed by atoms with Gasteiger partial charge >= 0.3 is 0 Å². The van der Waals surface area contributed by atoms with Gasteiger partial charge in [-0.25, -0.2) is 4.98 Å². The van der Waals surface area contributed by atoms with Crippen LogP contribution in [0.4, 0.5) is 0 Å². The van der Waals surface area contributed by atoms with Crippen LogP contribution in [0, 0.1) is 10.5 Å². The van der Waals surface area contributed by atoms with Crippen molar-refractivity contribution in [3.05, 3.63) is 36.6 Å². The molecule has 1 fully saturated rings. The molecule has 88 valence electrons. The summed E-state index contributed by atoms with van der Waals surface area (Å²) in [7, 11) is 0. The zero-order valence-electron chi connectivity index (χ0n) is 9.29. The van der Waals surface area contributed by atoms with E-state index < -0.39 is 0 Å². The summed E-state index contributed by atoms with van der Waals surface area (Å²) in [5.41, 5.74) is 2.14. The first-order chi connectivity index (χ1) is 8.16. The number of hydrogen-bond donors (Lipinski definition) is 1. The summed E-state index contributed by atoms with van der Waals surface area (Å²) in [6.07, 6.45) is 2.32. The molecule has 2 aromatic heterocycles. The number of aryl methyl sites for hydroxylation is 1. The van der Waals surface area contributed by atoms with Crippen molar-refractivity contribution in [2.45, 2.75) is 25.7 Å². The Hall–Kier alpha value is -0.690. The van der Waals surface area contributed by atoms with Crippen LogP contribution in [0.3, 0.4) is 0 Å². The van der Waals surface area contributed by atoms with Crippen molar-refractivity contribution in [3.63, 3.8) is 0 Å². The lowest BCUT2D eigenvalue weighted by molar-refractivity contribution is 0.959. The first kappa shape index (κ1) is 11.4. The van der Waals surface area contributed by atoms with Gasteiger partial charge in [0.25, 0.3) is 5.56 Å². The monoisotopic (exact) mass is 358 g/mol. The van der Waals surface area contributed by atoms with E-state index >= 15 is 0 Å². The molecule has 0 bridgehead atoms. The fourth-order valence-electron chi connectivity index (χ4n) is 1.83. The van der Waals surface area contributed by atoms with Crippen LogP contribution in [-0.4, -0.2) is 9.97 Å². The highest BCUT2D eigenvalue weighted by Crippen LogP contribution is 2.40. The smallest absolute Gasteiger partial charge is 0.264 e. The Balaban J connectivity index is 2.18. The maximum atomic E-state index is 11.9. The standard InChI is InChI=1S/C12H11IN2OS/c1-6-4-5-17-10(6)11-14-9(7-2-3-7)8(13)12(16)15-11/h4-5,7H,2-3H2,1H3,(H,14,15,16). The number of H-pyrrole nitrogens is 1. The number of aromatic nitrogens is 2. The molecule has 1 saturated carbocycles. The van der Waals surface area contributed by atoms with Gasteiger partial charge in [-0.15, -0.1) is 11.3 Å². The van der Waals surface area contributed by atoms with Gasteiger partial charge < -0.3 is 4.98 Å². The van der Waals surface area contributed by atoms with E-state index in [1.54, 1.807) is 11.3 Å². The minimum absolute atomic E-state index is 0.00898. The fourth-order valence-corrected chi connectivity index (χ4v) is 3.39. The first-order valence-electron chi connectivity index (χ1n) is 5.51. The van der Waals surface area contributed by atoms with Gasteiger partial charge in [-0.3, -0.25) is 4.79 Å². The highest BCUT2D eigenvalue weighted by molar-refractivity contribution is 14.1. The van der Waals surface area contributed by atoms with Crippen molar-refractivity contribution in [2.24, 2.45) is 0 Å². The van der Waals surface area contributed by atoms with E-state index in [0.717, 1.165) is 32.8 Å². The summed E-state index contributed by atoms with van der Waals surface area (Å²) < 4.78 is 0.753. The Kier molecular flexibility index (Phi) is 2.82. The van der Waals surface area contributed by atoms with Crippen LogP contribution in [0.2, 0.25) is 0 Å². The number of nitrogens with one attached hydrogen (secondary N) is 1. The Morgan fingerprint density at radius 1 is 1.53 bits per heavy atom. The number of halogens is 1. The molecule has 3 rings (SSSR count). The lowest BCUT2D eigenvalue weighted by Crippen LogP contribution is -2.15. The number of rotatable bonds is 2. The second-order valence-corrected chi connectivity index (χ2v) is 6.32. The third-order valence-electron chi connectivity index (χ3n) is 2.93. The molecule has 3 nitrogen and oxygen atoms in total. The molecule has 5 heteroatoms. The van der Waals surface area contributed by atoms with Gasteiger partial charge in [0, 0.05) is 5.92 Å². The molecule has 0 saturated heterocycles. The van der Waals surface area contributed by atoms with Crippen molar-refractivity contribution in [3.8, 4) is 10.7 Å². The van der Waals surface area contributed by atoms with E-state index in [1.165, 1.54) is 5.56 Å². The predicted octanol–water partition coefficient (Wildman–Crippen LogP) is 3.29. The molecule has 0 spiro atoms. The molecular formula is C12H11IN2OS. The highest BCUT2D eigenvalue weighted by atomic mass is 127. The van der Waals surface area contributed by atoms with E-state index in [9.17, 15) is 4.79 Å². The van der Waals surface area contributed by atoms with Crippen molar-refractivity contribution >= 4 is 33.9 Å². The summed E-state index contributed by atoms with van der Waals surface area (Å²) >= 11 is 3.72. The van der Waals surface area contributed by atoms with Crippen LogP contribution in [-0.2, 0) is 0 Å². The molecular weight excluding hydrogens is 347 g/mol. The lowest BCUT2D eigenvalue weighted by atomic mass is 10.2. The van der Waals surface area contributed by atoms with Crippen LogP contribution in [0.1, 0.15) is 30.0 Å². The first-order valence-corrected chi connectivity index (χ1v) is 7.47. The molecule has 2 heterocycles. The minimum Gasteiger partial charge on any atom is -0.305 e. The molecule has 0 amide bonds. The van der Waals surface area contributed by atoms with Crippen molar-refractivity contribution < 1.29 is 0 Å². The van der Waals surface area contributed by atoms with Crippen LogP contribution in [0.5, 0.6) is 0 Å². The molecule has 17 heavy (non-hydrogen) atoms. The van der Waals surface area contributed by atoms with Crippen LogP contribution < -0.4 is 5.56 Å². The van der Waals surface area contributed by atoms with Gasteiger partial charge in [0.15, 0.2) is 5.82 Å². The summed E-state index contributed by atoms with van der Waals surface area (Å²) in [5.74, 6) is 1.23. The normalized spacial score (nSPS) is 15.2. The molecule has 0 aliphatic heterocycles. The molecule has 0 unspecified atom stereocenters. The molecule has 2 aromatic rings. The van der Waals surface area contributed by atoms with Crippen LogP contribution in [0.25, 0.3) is 10.7 Å². The van der Waals surface area contributed by atoms with Gasteiger partial charge in [0.2, 0.25) is 0 Å². The van der Waals surface area contributed by atoms with Gasteiger partial charge in [-0.05, 0) is 59.4 Å². The number of hydrogen-bond acceptors (Lipinski definition) is 3. The SMILES string of the molecule is Cc1ccsc1-c1nc(C2CC2)c(I)c(=O)[nH]1. The maximum Gasteiger partial charge on any atom is 0.264 e. The highest BCUT2D eigenvalue weighted by Gasteiger charge is 2.29. The zero-order valence-corrected chi connectivity index (χ0v) is 12.3.